The third-order valence-corrected chi connectivity index (χ3v) is 5.86. The molecule has 2 N–H and O–H groups in total. The van der Waals surface area contributed by atoms with Crippen molar-refractivity contribution in [2.75, 3.05) is 7.05 Å². The summed E-state index contributed by atoms with van der Waals surface area (Å²) in [5, 5.41) is 2.10. The summed E-state index contributed by atoms with van der Waals surface area (Å²) in [6.45, 7) is 4.36. The molecule has 0 unspecified atom stereocenters. The van der Waals surface area contributed by atoms with Gasteiger partial charge in [-0.25, -0.2) is 4.42 Å². The van der Waals surface area contributed by atoms with Gasteiger partial charge in [0.05, 0.1) is 24.7 Å². The fourth-order valence-electron chi connectivity index (χ4n) is 3.73. The molecule has 2 nitrogen and oxygen atoms in total. The predicted molar refractivity (Wildman–Crippen MR) is 136 cm³/mol. The van der Waals surface area contributed by atoms with E-state index in [1.165, 1.54) is 22.4 Å². The van der Waals surface area contributed by atoms with Crippen LogP contribution in [0.15, 0.2) is 89.3 Å². The van der Waals surface area contributed by atoms with Gasteiger partial charge < -0.3 is 5.32 Å². The maximum absolute atomic E-state index is 6.32. The Labute approximate surface area is 191 Å². The zero-order chi connectivity index (χ0) is 22.3. The molecule has 0 atom stereocenters. The fraction of sp³-hybridized carbons (Fsp3) is 0.167. The van der Waals surface area contributed by atoms with Crippen molar-refractivity contribution in [3.05, 3.63) is 107 Å². The molecule has 0 radical (unpaired) electrons. The van der Waals surface area contributed by atoms with Gasteiger partial charge in [-0.2, -0.15) is 0 Å². The molecule has 0 aliphatic carbocycles. The summed E-state index contributed by atoms with van der Waals surface area (Å²) in [5.41, 5.74) is 8.49. The molecule has 0 saturated heterocycles. The first-order chi connectivity index (χ1) is 15.7. The molecule has 0 bridgehead atoms. The van der Waals surface area contributed by atoms with Crippen LogP contribution in [0.4, 0.5) is 5.69 Å². The first-order valence-corrected chi connectivity index (χ1v) is 11.4. The van der Waals surface area contributed by atoms with Gasteiger partial charge >= 0.3 is 11.5 Å². The molecule has 3 aromatic carbocycles. The van der Waals surface area contributed by atoms with E-state index < -0.39 is 0 Å². The van der Waals surface area contributed by atoms with E-state index in [9.17, 15) is 0 Å². The summed E-state index contributed by atoms with van der Waals surface area (Å²) in [6, 6.07) is 30.2. The summed E-state index contributed by atoms with van der Waals surface area (Å²) in [7, 11) is 2.05. The number of nitrogens with two attached hydrogens (primary N) is 1. The van der Waals surface area contributed by atoms with Gasteiger partial charge in [0.2, 0.25) is 0 Å². The fourth-order valence-corrected chi connectivity index (χ4v) is 3.73. The molecule has 32 heavy (non-hydrogen) atoms. The second-order valence-electron chi connectivity index (χ2n) is 8.00. The molecule has 160 valence electrons. The van der Waals surface area contributed by atoms with Crippen LogP contribution in [0.3, 0.4) is 0 Å². The van der Waals surface area contributed by atoms with E-state index in [1.807, 2.05) is 0 Å². The van der Waals surface area contributed by atoms with Gasteiger partial charge in [0.1, 0.15) is 5.69 Å². The molecule has 2 heteroatoms. The second kappa shape index (κ2) is 10.2. The first kappa shape index (κ1) is 21.7. The van der Waals surface area contributed by atoms with Gasteiger partial charge in [-0.1, -0.05) is 50.2 Å². The summed E-state index contributed by atoms with van der Waals surface area (Å²) >= 11 is 0. The van der Waals surface area contributed by atoms with Crippen LogP contribution in [0.5, 0.6) is 0 Å². The van der Waals surface area contributed by atoms with E-state index in [1.54, 1.807) is 0 Å². The number of benzene rings is 3. The van der Waals surface area contributed by atoms with Gasteiger partial charge in [-0.05, 0) is 77.6 Å². The molecule has 4 aromatic rings. The van der Waals surface area contributed by atoms with Gasteiger partial charge in [0.15, 0.2) is 0 Å². The number of hydrogen-bond acceptors (Lipinski definition) is 0. The van der Waals surface area contributed by atoms with Crippen molar-refractivity contribution in [3.63, 3.8) is 0 Å². The van der Waals surface area contributed by atoms with Crippen molar-refractivity contribution in [3.8, 4) is 22.5 Å². The topological polar surface area (TPSA) is 27.9 Å². The van der Waals surface area contributed by atoms with Crippen molar-refractivity contribution >= 4 is 17.8 Å². The Morgan fingerprint density at radius 3 is 1.81 bits per heavy atom. The molecule has 1 heterocycles. The Morgan fingerprint density at radius 1 is 0.656 bits per heavy atom. The van der Waals surface area contributed by atoms with Gasteiger partial charge in [-0.15, -0.1) is 0 Å². The molecule has 0 aliphatic rings. The Morgan fingerprint density at radius 2 is 1.25 bits per heavy atom. The van der Waals surface area contributed by atoms with Crippen LogP contribution in [0, 0.1) is 0 Å². The highest BCUT2D eigenvalue weighted by Crippen LogP contribution is 2.30. The Hall–Kier alpha value is -3.49. The number of rotatable bonds is 7. The minimum absolute atomic E-state index is 0.836. The standard InChI is InChI=1S/C30H30NO/c1-4-22-6-13-25(14-7-22)27-20-29(19-12-24-10-17-28(31-3)18-11-24)32-30(21-27)26-15-8-23(5-2)9-16-26/h6-21,31H,4-5H2,1-3H3/q+1/p+1/b19-12+. The van der Waals surface area contributed by atoms with Crippen LogP contribution in [0.25, 0.3) is 34.6 Å². The summed E-state index contributed by atoms with van der Waals surface area (Å²) < 4.78 is 6.32. The van der Waals surface area contributed by atoms with Crippen molar-refractivity contribution in [2.24, 2.45) is 0 Å². The van der Waals surface area contributed by atoms with Crippen LogP contribution in [-0.2, 0) is 12.8 Å². The highest BCUT2D eigenvalue weighted by atomic mass is 16.3. The molecular weight excluding hydrogens is 390 g/mol. The summed E-state index contributed by atoms with van der Waals surface area (Å²) in [4.78, 5) is 0. The third kappa shape index (κ3) is 5.22. The zero-order valence-electron chi connectivity index (χ0n) is 19.1. The SMILES string of the molecule is CCc1ccc(-c2cc(/C=C/c3ccc([NH2+]C)cc3)[o+]c(-c3ccc(CC)cc3)c2)cc1. The zero-order valence-corrected chi connectivity index (χ0v) is 19.1. The monoisotopic (exact) mass is 421 g/mol. The van der Waals surface area contributed by atoms with Gasteiger partial charge in [0.25, 0.3) is 0 Å². The minimum Gasteiger partial charge on any atom is -0.316 e. The van der Waals surface area contributed by atoms with Crippen molar-refractivity contribution in [1.82, 2.24) is 0 Å². The lowest BCUT2D eigenvalue weighted by atomic mass is 10.0. The number of quaternary nitrogens is 1. The average molecular weight is 422 g/mol. The van der Waals surface area contributed by atoms with Crippen LogP contribution in [0.1, 0.15) is 36.3 Å². The largest absolute Gasteiger partial charge is 0.361 e. The smallest absolute Gasteiger partial charge is 0.316 e. The lowest BCUT2D eigenvalue weighted by Gasteiger charge is -2.03. The summed E-state index contributed by atoms with van der Waals surface area (Å²) in [6.07, 6.45) is 6.23. The van der Waals surface area contributed by atoms with E-state index in [2.05, 4.69) is 123 Å². The highest BCUT2D eigenvalue weighted by Gasteiger charge is 2.17. The van der Waals surface area contributed by atoms with E-state index in [-0.39, 0.29) is 0 Å². The van der Waals surface area contributed by atoms with E-state index in [0.29, 0.717) is 0 Å². The van der Waals surface area contributed by atoms with Crippen LogP contribution in [0.2, 0.25) is 0 Å². The molecule has 1 aromatic heterocycles. The lowest BCUT2D eigenvalue weighted by molar-refractivity contribution is -0.539. The van der Waals surface area contributed by atoms with E-state index >= 15 is 0 Å². The first-order valence-electron chi connectivity index (χ1n) is 11.4. The Balaban J connectivity index is 1.73. The molecule has 0 spiro atoms. The molecular formula is C30H31NO+2. The maximum atomic E-state index is 6.32. The molecule has 4 rings (SSSR count). The number of aryl methyl sites for hydroxylation is 2. The highest BCUT2D eigenvalue weighted by molar-refractivity contribution is 5.75. The van der Waals surface area contributed by atoms with Crippen molar-refractivity contribution in [1.29, 1.82) is 0 Å². The third-order valence-electron chi connectivity index (χ3n) is 5.86. The summed E-state index contributed by atoms with van der Waals surface area (Å²) in [5.74, 6) is 1.71. The maximum Gasteiger partial charge on any atom is 0.361 e. The molecule has 0 saturated carbocycles. The quantitative estimate of drug-likeness (QED) is 0.252. The van der Waals surface area contributed by atoms with Crippen LogP contribution < -0.4 is 5.32 Å². The van der Waals surface area contributed by atoms with E-state index in [4.69, 9.17) is 4.42 Å². The minimum atomic E-state index is 0.836. The second-order valence-corrected chi connectivity index (χ2v) is 8.00. The lowest BCUT2D eigenvalue weighted by Crippen LogP contribution is -2.72. The molecule has 0 amide bonds. The van der Waals surface area contributed by atoms with Crippen molar-refractivity contribution < 1.29 is 9.73 Å². The normalized spacial score (nSPS) is 11.2. The van der Waals surface area contributed by atoms with Gasteiger partial charge in [0, 0.05) is 11.6 Å². The number of hydrogen-bond donors (Lipinski definition) is 1. The van der Waals surface area contributed by atoms with Crippen molar-refractivity contribution in [2.45, 2.75) is 26.7 Å². The average Bonchev–Trinajstić information content (AvgIpc) is 2.87. The molecule has 0 fully saturated rings. The Bertz CT molecular complexity index is 1120. The Kier molecular flexibility index (Phi) is 6.94. The van der Waals surface area contributed by atoms with Gasteiger partial charge in [-0.3, -0.25) is 0 Å². The molecule has 0 aliphatic heterocycles. The van der Waals surface area contributed by atoms with Crippen LogP contribution >= 0.6 is 0 Å². The van der Waals surface area contributed by atoms with E-state index in [0.717, 1.165) is 41.1 Å². The predicted octanol–water partition coefficient (Wildman–Crippen LogP) is 7.01. The van der Waals surface area contributed by atoms with Crippen LogP contribution in [-0.4, -0.2) is 7.05 Å².